The van der Waals surface area contributed by atoms with E-state index in [-0.39, 0.29) is 5.91 Å². The highest BCUT2D eigenvalue weighted by molar-refractivity contribution is 7.12. The predicted molar refractivity (Wildman–Crippen MR) is 110 cm³/mol. The Morgan fingerprint density at radius 2 is 1.67 bits per heavy atom. The first kappa shape index (κ1) is 18.9. The molecular weight excluding hydrogens is 364 g/mol. The van der Waals surface area contributed by atoms with Crippen LogP contribution < -0.4 is 21.3 Å². The van der Waals surface area contributed by atoms with Crippen LogP contribution in [0.3, 0.4) is 0 Å². The fourth-order valence-corrected chi connectivity index (χ4v) is 3.75. The number of carbonyl (C=O) groups is 1. The van der Waals surface area contributed by atoms with E-state index >= 15 is 0 Å². The largest absolute Gasteiger partial charge is 0.370 e. The molecule has 3 aromatic rings. The maximum Gasteiger partial charge on any atom is 0.316 e. The van der Waals surface area contributed by atoms with Crippen LogP contribution in [-0.2, 0) is 14.1 Å². The molecule has 0 radical (unpaired) electrons. The van der Waals surface area contributed by atoms with E-state index < -0.39 is 11.1 Å². The average molecular weight is 386 g/mol. The number of fused-ring (bicyclic) bond motifs is 1. The zero-order chi connectivity index (χ0) is 19.7. The Kier molecular flexibility index (Phi) is 5.18. The number of anilines is 2. The van der Waals surface area contributed by atoms with E-state index in [1.54, 1.807) is 26.2 Å². The molecule has 0 atom stereocenters. The molecule has 0 spiro atoms. The van der Waals surface area contributed by atoms with Crippen molar-refractivity contribution in [2.24, 2.45) is 14.1 Å². The van der Waals surface area contributed by atoms with Crippen LogP contribution >= 0.6 is 11.3 Å². The Bertz CT molecular complexity index is 1110. The van der Waals surface area contributed by atoms with Crippen molar-refractivity contribution in [3.63, 3.8) is 0 Å². The number of rotatable bonds is 5. The quantitative estimate of drug-likeness (QED) is 0.683. The van der Waals surface area contributed by atoms with E-state index in [2.05, 4.69) is 10.2 Å². The summed E-state index contributed by atoms with van der Waals surface area (Å²) in [6.07, 6.45) is 0. The molecule has 0 saturated heterocycles. The van der Waals surface area contributed by atoms with Crippen molar-refractivity contribution in [3.8, 4) is 0 Å². The molecule has 8 heteroatoms. The number of carbonyl (C=O) groups excluding carboxylic acids is 1. The van der Waals surface area contributed by atoms with E-state index in [0.717, 1.165) is 18.8 Å². The standard InChI is InChI=1S/C19H22N4O3S/c1-5-23(6-2)13-11-15-14(21(3)18(25)19(26)22(15)4)10-12(13)20-17(24)16-8-7-9-27-16/h7-11H,5-6H2,1-4H3,(H,20,24). The van der Waals surface area contributed by atoms with Crippen molar-refractivity contribution in [2.75, 3.05) is 23.3 Å². The van der Waals surface area contributed by atoms with Crippen molar-refractivity contribution in [3.05, 3.63) is 55.2 Å². The highest BCUT2D eigenvalue weighted by Crippen LogP contribution is 2.31. The predicted octanol–water partition coefficient (Wildman–Crippen LogP) is 2.40. The van der Waals surface area contributed by atoms with Gasteiger partial charge in [0.1, 0.15) is 0 Å². The van der Waals surface area contributed by atoms with Crippen LogP contribution in [-0.4, -0.2) is 28.1 Å². The molecule has 2 aromatic heterocycles. The van der Waals surface area contributed by atoms with Gasteiger partial charge in [0, 0.05) is 27.2 Å². The topological polar surface area (TPSA) is 76.3 Å². The highest BCUT2D eigenvalue weighted by Gasteiger charge is 2.18. The van der Waals surface area contributed by atoms with Crippen LogP contribution in [0.25, 0.3) is 11.0 Å². The van der Waals surface area contributed by atoms with Gasteiger partial charge in [-0.05, 0) is 37.4 Å². The Labute approximate surface area is 160 Å². The SMILES string of the molecule is CCN(CC)c1cc2c(cc1NC(=O)c1cccs1)n(C)c(=O)c(=O)n2C. The number of amides is 1. The summed E-state index contributed by atoms with van der Waals surface area (Å²) in [7, 11) is 3.15. The molecule has 1 N–H and O–H groups in total. The fourth-order valence-electron chi connectivity index (χ4n) is 3.13. The lowest BCUT2D eigenvalue weighted by Gasteiger charge is -2.25. The molecule has 0 fully saturated rings. The molecule has 1 amide bonds. The van der Waals surface area contributed by atoms with Gasteiger partial charge in [0.2, 0.25) is 0 Å². The van der Waals surface area contributed by atoms with Gasteiger partial charge in [-0.2, -0.15) is 0 Å². The number of hydrogen-bond donors (Lipinski definition) is 1. The van der Waals surface area contributed by atoms with Crippen LogP contribution in [0.5, 0.6) is 0 Å². The minimum atomic E-state index is -0.601. The monoisotopic (exact) mass is 386 g/mol. The smallest absolute Gasteiger partial charge is 0.316 e. The van der Waals surface area contributed by atoms with Crippen LogP contribution in [0.15, 0.2) is 39.2 Å². The molecule has 27 heavy (non-hydrogen) atoms. The van der Waals surface area contributed by atoms with Crippen molar-refractivity contribution >= 4 is 39.7 Å². The lowest BCUT2D eigenvalue weighted by molar-refractivity contribution is 0.103. The molecule has 7 nitrogen and oxygen atoms in total. The van der Waals surface area contributed by atoms with Gasteiger partial charge in [-0.15, -0.1) is 11.3 Å². The van der Waals surface area contributed by atoms with E-state index in [0.29, 0.717) is 21.6 Å². The molecule has 0 saturated carbocycles. The summed E-state index contributed by atoms with van der Waals surface area (Å²) in [6, 6.07) is 7.20. The van der Waals surface area contributed by atoms with Crippen molar-refractivity contribution in [1.29, 1.82) is 0 Å². The van der Waals surface area contributed by atoms with E-state index in [1.807, 2.05) is 31.4 Å². The first-order valence-corrected chi connectivity index (χ1v) is 9.60. The van der Waals surface area contributed by atoms with Crippen LogP contribution in [0.4, 0.5) is 11.4 Å². The van der Waals surface area contributed by atoms with Gasteiger partial charge in [-0.1, -0.05) is 6.07 Å². The lowest BCUT2D eigenvalue weighted by atomic mass is 10.2. The number of aromatic nitrogens is 2. The van der Waals surface area contributed by atoms with Crippen molar-refractivity contribution in [1.82, 2.24) is 9.13 Å². The Morgan fingerprint density at radius 1 is 1.07 bits per heavy atom. The number of aryl methyl sites for hydroxylation is 2. The number of thiophene rings is 1. The van der Waals surface area contributed by atoms with E-state index in [1.165, 1.54) is 20.5 Å². The zero-order valence-corrected chi connectivity index (χ0v) is 16.6. The van der Waals surface area contributed by atoms with E-state index in [4.69, 9.17) is 0 Å². The van der Waals surface area contributed by atoms with Crippen LogP contribution in [0, 0.1) is 0 Å². The molecule has 0 aliphatic rings. The van der Waals surface area contributed by atoms with Crippen molar-refractivity contribution < 1.29 is 4.79 Å². The third kappa shape index (κ3) is 3.28. The van der Waals surface area contributed by atoms with Gasteiger partial charge < -0.3 is 19.4 Å². The van der Waals surface area contributed by atoms with Gasteiger partial charge >= 0.3 is 11.1 Å². The molecule has 0 bridgehead atoms. The Hall–Kier alpha value is -2.87. The number of nitrogens with zero attached hydrogens (tertiary/aromatic N) is 3. The number of hydrogen-bond acceptors (Lipinski definition) is 5. The molecule has 0 aliphatic carbocycles. The molecule has 3 rings (SSSR count). The van der Waals surface area contributed by atoms with Gasteiger partial charge in [0.25, 0.3) is 5.91 Å². The maximum atomic E-state index is 12.6. The first-order valence-electron chi connectivity index (χ1n) is 8.72. The third-order valence-corrected chi connectivity index (χ3v) is 5.57. The van der Waals surface area contributed by atoms with E-state index in [9.17, 15) is 14.4 Å². The molecule has 2 heterocycles. The summed E-state index contributed by atoms with van der Waals surface area (Å²) in [5, 5.41) is 4.81. The zero-order valence-electron chi connectivity index (χ0n) is 15.8. The summed E-state index contributed by atoms with van der Waals surface area (Å²) >= 11 is 1.36. The normalized spacial score (nSPS) is 11.0. The second kappa shape index (κ2) is 7.40. The lowest BCUT2D eigenvalue weighted by Crippen LogP contribution is -2.39. The summed E-state index contributed by atoms with van der Waals surface area (Å²) in [4.78, 5) is 39.7. The molecule has 1 aromatic carbocycles. The number of nitrogens with one attached hydrogen (secondary N) is 1. The number of benzene rings is 1. The molecular formula is C19H22N4O3S. The van der Waals surface area contributed by atoms with Gasteiger partial charge in [0.15, 0.2) is 0 Å². The molecule has 142 valence electrons. The minimum Gasteiger partial charge on any atom is -0.370 e. The highest BCUT2D eigenvalue weighted by atomic mass is 32.1. The van der Waals surface area contributed by atoms with Crippen molar-refractivity contribution in [2.45, 2.75) is 13.8 Å². The summed E-state index contributed by atoms with van der Waals surface area (Å²) in [5.41, 5.74) is 1.46. The maximum absolute atomic E-state index is 12.6. The van der Waals surface area contributed by atoms with Gasteiger partial charge in [-0.25, -0.2) is 0 Å². The van der Waals surface area contributed by atoms with Crippen LogP contribution in [0.1, 0.15) is 23.5 Å². The summed E-state index contributed by atoms with van der Waals surface area (Å²) in [6.45, 7) is 5.53. The van der Waals surface area contributed by atoms with Gasteiger partial charge in [-0.3, -0.25) is 14.4 Å². The average Bonchev–Trinajstić information content (AvgIpc) is 3.21. The Morgan fingerprint density at radius 3 is 2.19 bits per heavy atom. The van der Waals surface area contributed by atoms with Gasteiger partial charge in [0.05, 0.1) is 27.3 Å². The first-order chi connectivity index (χ1) is 12.9. The summed E-state index contributed by atoms with van der Waals surface area (Å²) in [5.74, 6) is -0.201. The Balaban J connectivity index is 2.26. The minimum absolute atomic E-state index is 0.201. The molecule has 0 aliphatic heterocycles. The second-order valence-corrected chi connectivity index (χ2v) is 7.14. The molecule has 0 unspecified atom stereocenters. The van der Waals surface area contributed by atoms with Crippen LogP contribution in [0.2, 0.25) is 0 Å². The second-order valence-electron chi connectivity index (χ2n) is 6.19. The fraction of sp³-hybridized carbons (Fsp3) is 0.316. The third-order valence-electron chi connectivity index (χ3n) is 4.71. The summed E-state index contributed by atoms with van der Waals surface area (Å²) < 4.78 is 2.68.